The monoisotopic (exact) mass is 462 g/mol. The molecule has 1 fully saturated rings. The van der Waals surface area contributed by atoms with E-state index in [2.05, 4.69) is 37.2 Å². The predicted molar refractivity (Wildman–Crippen MR) is 136 cm³/mol. The van der Waals surface area contributed by atoms with Crippen molar-refractivity contribution in [1.29, 1.82) is 0 Å². The van der Waals surface area contributed by atoms with E-state index < -0.39 is 0 Å². The lowest BCUT2D eigenvalue weighted by atomic mass is 9.86. The Bertz CT molecular complexity index is 1210. The molecule has 1 aliphatic carbocycles. The van der Waals surface area contributed by atoms with Gasteiger partial charge in [-0.25, -0.2) is 9.37 Å². The first-order valence-corrected chi connectivity index (χ1v) is 12.2. The summed E-state index contributed by atoms with van der Waals surface area (Å²) in [5.41, 5.74) is 5.86. The molecule has 3 aromatic rings. The normalized spacial score (nSPS) is 15.1. The molecule has 4 rings (SSSR count). The standard InChI is InChI=1S/C28H31FN2OS/c1-7-25(23(14-20-9-10-20)21-11-8-16(2)24(29)15-21)30-28-31-27(19(5)33-28)22-12-18(4)26(32-6)13-17(22)3/h1,8,11-13,15,20,23,25H,9-10,14H2,2-6H3,(H,30,31)/t23-,25?/m0/s1. The molecule has 0 radical (unpaired) electrons. The molecular formula is C28H31FN2OS. The first-order chi connectivity index (χ1) is 15.8. The summed E-state index contributed by atoms with van der Waals surface area (Å²) >= 11 is 1.61. The highest BCUT2D eigenvalue weighted by Gasteiger charge is 2.31. The van der Waals surface area contributed by atoms with Crippen LogP contribution in [0.2, 0.25) is 0 Å². The average Bonchev–Trinajstić information content (AvgIpc) is 3.54. The Hall–Kier alpha value is -2.84. The van der Waals surface area contributed by atoms with Crippen LogP contribution in [0.4, 0.5) is 9.52 Å². The Balaban J connectivity index is 1.63. The zero-order chi connectivity index (χ0) is 23.7. The maximum Gasteiger partial charge on any atom is 0.184 e. The number of hydrogen-bond donors (Lipinski definition) is 1. The van der Waals surface area contributed by atoms with E-state index in [1.54, 1.807) is 31.4 Å². The average molecular weight is 463 g/mol. The van der Waals surface area contributed by atoms with Gasteiger partial charge in [0.1, 0.15) is 11.6 Å². The Morgan fingerprint density at radius 2 is 1.91 bits per heavy atom. The number of aromatic nitrogens is 1. The van der Waals surface area contributed by atoms with Crippen LogP contribution in [0.5, 0.6) is 5.75 Å². The van der Waals surface area contributed by atoms with Gasteiger partial charge in [0.2, 0.25) is 0 Å². The lowest BCUT2D eigenvalue weighted by Crippen LogP contribution is -2.26. The molecule has 1 heterocycles. The molecular weight excluding hydrogens is 431 g/mol. The van der Waals surface area contributed by atoms with Crippen LogP contribution < -0.4 is 10.1 Å². The molecule has 172 valence electrons. The smallest absolute Gasteiger partial charge is 0.184 e. The van der Waals surface area contributed by atoms with Crippen LogP contribution in [0.15, 0.2) is 30.3 Å². The van der Waals surface area contributed by atoms with Crippen molar-refractivity contribution in [3.05, 3.63) is 63.3 Å². The first-order valence-electron chi connectivity index (χ1n) is 11.4. The van der Waals surface area contributed by atoms with Gasteiger partial charge in [-0.2, -0.15) is 0 Å². The number of aryl methyl sites for hydroxylation is 4. The van der Waals surface area contributed by atoms with Crippen molar-refractivity contribution in [1.82, 2.24) is 4.98 Å². The van der Waals surface area contributed by atoms with E-state index in [-0.39, 0.29) is 17.8 Å². The number of hydrogen-bond acceptors (Lipinski definition) is 4. The second-order valence-electron chi connectivity index (χ2n) is 9.14. The predicted octanol–water partition coefficient (Wildman–Crippen LogP) is 7.19. The quantitative estimate of drug-likeness (QED) is 0.360. The third-order valence-electron chi connectivity index (χ3n) is 6.56. The molecule has 0 amide bonds. The van der Waals surface area contributed by atoms with Gasteiger partial charge in [-0.1, -0.05) is 30.9 Å². The van der Waals surface area contributed by atoms with Gasteiger partial charge in [0, 0.05) is 16.4 Å². The molecule has 33 heavy (non-hydrogen) atoms. The zero-order valence-electron chi connectivity index (χ0n) is 20.0. The third kappa shape index (κ3) is 5.07. The fraction of sp³-hybridized carbons (Fsp3) is 0.393. The van der Waals surface area contributed by atoms with Crippen molar-refractivity contribution in [3.8, 4) is 29.4 Å². The van der Waals surface area contributed by atoms with Crippen LogP contribution >= 0.6 is 11.3 Å². The summed E-state index contributed by atoms with van der Waals surface area (Å²) in [6.45, 7) is 7.99. The summed E-state index contributed by atoms with van der Waals surface area (Å²) in [7, 11) is 1.69. The first kappa shape index (κ1) is 23.3. The molecule has 2 aromatic carbocycles. The van der Waals surface area contributed by atoms with Gasteiger partial charge in [0.25, 0.3) is 0 Å². The van der Waals surface area contributed by atoms with Gasteiger partial charge in [-0.15, -0.1) is 17.8 Å². The van der Waals surface area contributed by atoms with Crippen molar-refractivity contribution >= 4 is 16.5 Å². The number of ether oxygens (including phenoxy) is 1. The molecule has 1 unspecified atom stereocenters. The Morgan fingerprint density at radius 3 is 2.55 bits per heavy atom. The maximum absolute atomic E-state index is 14.4. The highest BCUT2D eigenvalue weighted by atomic mass is 32.1. The number of terminal acetylenes is 1. The summed E-state index contributed by atoms with van der Waals surface area (Å²) in [5.74, 6) is 4.34. The lowest BCUT2D eigenvalue weighted by Gasteiger charge is -2.25. The number of nitrogens with zero attached hydrogens (tertiary/aromatic N) is 1. The maximum atomic E-state index is 14.4. The Labute approximate surface area is 200 Å². The van der Waals surface area contributed by atoms with E-state index in [4.69, 9.17) is 16.1 Å². The van der Waals surface area contributed by atoms with Crippen LogP contribution in [-0.2, 0) is 0 Å². The molecule has 5 heteroatoms. The summed E-state index contributed by atoms with van der Waals surface area (Å²) in [4.78, 5) is 6.05. The summed E-state index contributed by atoms with van der Waals surface area (Å²) in [6.07, 6.45) is 9.41. The zero-order valence-corrected chi connectivity index (χ0v) is 20.8. The van der Waals surface area contributed by atoms with Gasteiger partial charge in [-0.3, -0.25) is 0 Å². The Morgan fingerprint density at radius 1 is 1.15 bits per heavy atom. The second-order valence-corrected chi connectivity index (χ2v) is 10.3. The molecule has 1 N–H and O–H groups in total. The largest absolute Gasteiger partial charge is 0.496 e. The van der Waals surface area contributed by atoms with E-state index in [9.17, 15) is 4.39 Å². The molecule has 0 bridgehead atoms. The van der Waals surface area contributed by atoms with E-state index in [0.717, 1.165) is 50.1 Å². The van der Waals surface area contributed by atoms with Crippen LogP contribution in [-0.4, -0.2) is 18.1 Å². The number of methoxy groups -OCH3 is 1. The van der Waals surface area contributed by atoms with Crippen LogP contribution in [0.3, 0.4) is 0 Å². The van der Waals surface area contributed by atoms with Crippen LogP contribution in [0.25, 0.3) is 11.3 Å². The van der Waals surface area contributed by atoms with Gasteiger partial charge >= 0.3 is 0 Å². The molecule has 1 aliphatic rings. The lowest BCUT2D eigenvalue weighted by molar-refractivity contribution is 0.411. The SMILES string of the molecule is C#CC(Nc1nc(-c2cc(C)c(OC)cc2C)c(C)s1)[C@@H](CC1CC1)c1ccc(C)c(F)c1. The third-order valence-corrected chi connectivity index (χ3v) is 7.46. The molecule has 3 nitrogen and oxygen atoms in total. The van der Waals surface area contributed by atoms with Gasteiger partial charge in [-0.05, 0) is 80.5 Å². The number of benzene rings is 2. The minimum absolute atomic E-state index is 0.0372. The summed E-state index contributed by atoms with van der Waals surface area (Å²) in [6, 6.07) is 9.43. The van der Waals surface area contributed by atoms with E-state index in [1.165, 1.54) is 12.8 Å². The van der Waals surface area contributed by atoms with E-state index >= 15 is 0 Å². The van der Waals surface area contributed by atoms with E-state index in [0.29, 0.717) is 11.5 Å². The number of halogens is 1. The molecule has 1 saturated carbocycles. The number of rotatable bonds is 8. The molecule has 0 aliphatic heterocycles. The fourth-order valence-corrected chi connectivity index (χ4v) is 5.25. The second kappa shape index (κ2) is 9.57. The minimum Gasteiger partial charge on any atom is -0.496 e. The molecule has 2 atom stereocenters. The van der Waals surface area contributed by atoms with Crippen molar-refractivity contribution in [2.24, 2.45) is 5.92 Å². The Kier molecular flexibility index (Phi) is 6.76. The van der Waals surface area contributed by atoms with Gasteiger partial charge in [0.05, 0.1) is 18.8 Å². The van der Waals surface area contributed by atoms with Gasteiger partial charge < -0.3 is 10.1 Å². The fourth-order valence-electron chi connectivity index (χ4n) is 4.38. The van der Waals surface area contributed by atoms with Crippen LogP contribution in [0.1, 0.15) is 52.3 Å². The summed E-state index contributed by atoms with van der Waals surface area (Å²) < 4.78 is 19.8. The molecule has 0 saturated heterocycles. The number of thiazole rings is 1. The van der Waals surface area contributed by atoms with E-state index in [1.807, 2.05) is 19.1 Å². The number of nitrogens with one attached hydrogen (secondary N) is 1. The summed E-state index contributed by atoms with van der Waals surface area (Å²) in [5, 5.41) is 4.30. The highest BCUT2D eigenvalue weighted by molar-refractivity contribution is 7.16. The van der Waals surface area contributed by atoms with Gasteiger partial charge in [0.15, 0.2) is 5.13 Å². The molecule has 0 spiro atoms. The van der Waals surface area contributed by atoms with Crippen LogP contribution in [0, 0.1) is 51.8 Å². The molecule has 1 aromatic heterocycles. The topological polar surface area (TPSA) is 34.2 Å². The number of anilines is 1. The van der Waals surface area contributed by atoms with Crippen molar-refractivity contribution in [3.63, 3.8) is 0 Å². The van der Waals surface area contributed by atoms with Crippen molar-refractivity contribution < 1.29 is 9.13 Å². The van der Waals surface area contributed by atoms with Crippen molar-refractivity contribution in [2.45, 2.75) is 58.9 Å². The van der Waals surface area contributed by atoms with Crippen molar-refractivity contribution in [2.75, 3.05) is 12.4 Å². The minimum atomic E-state index is -0.259. The highest BCUT2D eigenvalue weighted by Crippen LogP contribution is 2.42.